The van der Waals surface area contributed by atoms with Gasteiger partial charge in [-0.15, -0.1) is 0 Å². The van der Waals surface area contributed by atoms with Crippen molar-refractivity contribution in [2.24, 2.45) is 5.73 Å². The van der Waals surface area contributed by atoms with Crippen molar-refractivity contribution < 1.29 is 14.3 Å². The van der Waals surface area contributed by atoms with Crippen LogP contribution in [0.15, 0.2) is 18.2 Å². The first-order chi connectivity index (χ1) is 11.5. The number of rotatable bonds is 3. The van der Waals surface area contributed by atoms with Gasteiger partial charge in [-0.05, 0) is 44.2 Å². The number of likely N-dealkylation sites (N-methyl/N-ethyl adjacent to an activating group) is 1. The number of nitrogens with one attached hydrogen (secondary N) is 1. The van der Waals surface area contributed by atoms with Crippen molar-refractivity contribution in [3.05, 3.63) is 23.8 Å². The summed E-state index contributed by atoms with van der Waals surface area (Å²) in [7, 11) is 1.91. The maximum atomic E-state index is 12.5. The van der Waals surface area contributed by atoms with E-state index in [-0.39, 0.29) is 30.5 Å². The highest BCUT2D eigenvalue weighted by atomic mass is 16.5. The lowest BCUT2D eigenvalue weighted by atomic mass is 10.1. The quantitative estimate of drug-likeness (QED) is 0.833. The molecule has 2 fully saturated rings. The molecular formula is C17H24N4O3. The highest BCUT2D eigenvalue weighted by Gasteiger charge is 2.34. The van der Waals surface area contributed by atoms with E-state index in [1.54, 1.807) is 4.90 Å². The Morgan fingerprint density at radius 3 is 2.79 bits per heavy atom. The number of ether oxygens (including phenoxy) is 1. The number of carbonyl (C=O) groups is 2. The van der Waals surface area contributed by atoms with E-state index < -0.39 is 0 Å². The maximum absolute atomic E-state index is 12.5. The lowest BCUT2D eigenvalue weighted by Gasteiger charge is -2.28. The van der Waals surface area contributed by atoms with Crippen LogP contribution in [0.1, 0.15) is 12.0 Å². The second-order valence-corrected chi connectivity index (χ2v) is 6.47. The second kappa shape index (κ2) is 6.88. The molecule has 130 valence electrons. The molecule has 1 aromatic rings. The molecule has 7 nitrogen and oxygen atoms in total. The van der Waals surface area contributed by atoms with Crippen molar-refractivity contribution in [3.8, 4) is 0 Å². The van der Waals surface area contributed by atoms with Crippen LogP contribution < -0.4 is 16.0 Å². The van der Waals surface area contributed by atoms with Crippen molar-refractivity contribution in [2.75, 3.05) is 43.6 Å². The van der Waals surface area contributed by atoms with Crippen LogP contribution >= 0.6 is 0 Å². The molecular weight excluding hydrogens is 308 g/mol. The summed E-state index contributed by atoms with van der Waals surface area (Å²) in [6.07, 6.45) is 0.825. The topological polar surface area (TPSA) is 87.9 Å². The molecule has 0 radical (unpaired) electrons. The number of anilines is 2. The van der Waals surface area contributed by atoms with Gasteiger partial charge in [0.15, 0.2) is 0 Å². The van der Waals surface area contributed by atoms with Gasteiger partial charge < -0.3 is 20.7 Å². The number of amides is 2. The molecule has 2 unspecified atom stereocenters. The molecule has 0 saturated carbocycles. The third-order valence-electron chi connectivity index (χ3n) is 4.71. The molecule has 3 rings (SSSR count). The Hall–Kier alpha value is -1.96. The normalized spacial score (nSPS) is 25.1. The Balaban J connectivity index is 1.73. The van der Waals surface area contributed by atoms with Crippen LogP contribution in [0.5, 0.6) is 0 Å². The summed E-state index contributed by atoms with van der Waals surface area (Å²) >= 11 is 0. The van der Waals surface area contributed by atoms with Crippen LogP contribution in [0.4, 0.5) is 11.4 Å². The Bertz CT molecular complexity index is 639. The minimum Gasteiger partial charge on any atom is -0.370 e. The van der Waals surface area contributed by atoms with Gasteiger partial charge >= 0.3 is 0 Å². The molecule has 0 aromatic heterocycles. The van der Waals surface area contributed by atoms with E-state index in [1.807, 2.05) is 37.1 Å². The minimum absolute atomic E-state index is 0.0420. The highest BCUT2D eigenvalue weighted by Crippen LogP contribution is 2.25. The van der Waals surface area contributed by atoms with Gasteiger partial charge in [-0.1, -0.05) is 0 Å². The summed E-state index contributed by atoms with van der Waals surface area (Å²) in [5.41, 5.74) is 8.54. The van der Waals surface area contributed by atoms with E-state index in [4.69, 9.17) is 10.5 Å². The highest BCUT2D eigenvalue weighted by molar-refractivity contribution is 5.98. The smallest absolute Gasteiger partial charge is 0.253 e. The summed E-state index contributed by atoms with van der Waals surface area (Å²) < 4.78 is 5.16. The Morgan fingerprint density at radius 1 is 1.38 bits per heavy atom. The van der Waals surface area contributed by atoms with Crippen LogP contribution in [-0.2, 0) is 14.3 Å². The number of carbonyl (C=O) groups excluding carboxylic acids is 2. The zero-order chi connectivity index (χ0) is 17.3. The van der Waals surface area contributed by atoms with E-state index in [2.05, 4.69) is 5.32 Å². The second-order valence-electron chi connectivity index (χ2n) is 6.47. The number of hydrogen-bond donors (Lipinski definition) is 2. The van der Waals surface area contributed by atoms with Crippen molar-refractivity contribution >= 4 is 23.2 Å². The fourth-order valence-electron chi connectivity index (χ4n) is 3.40. The third kappa shape index (κ3) is 3.28. The Labute approximate surface area is 141 Å². The van der Waals surface area contributed by atoms with E-state index in [1.165, 1.54) is 0 Å². The van der Waals surface area contributed by atoms with Gasteiger partial charge in [0.1, 0.15) is 12.6 Å². The van der Waals surface area contributed by atoms with Gasteiger partial charge in [0.2, 0.25) is 5.91 Å². The molecule has 0 aliphatic carbocycles. The van der Waals surface area contributed by atoms with Gasteiger partial charge in [0, 0.05) is 30.5 Å². The number of aryl methyl sites for hydroxylation is 1. The van der Waals surface area contributed by atoms with Crippen molar-refractivity contribution in [1.82, 2.24) is 4.90 Å². The summed E-state index contributed by atoms with van der Waals surface area (Å²) in [6, 6.07) is 5.14. The predicted octanol–water partition coefficient (Wildman–Crippen LogP) is 0.328. The summed E-state index contributed by atoms with van der Waals surface area (Å²) in [4.78, 5) is 28.1. The van der Waals surface area contributed by atoms with E-state index in [0.29, 0.717) is 13.2 Å². The largest absolute Gasteiger partial charge is 0.370 e. The van der Waals surface area contributed by atoms with Crippen LogP contribution in [0, 0.1) is 6.92 Å². The van der Waals surface area contributed by atoms with Gasteiger partial charge in [-0.25, -0.2) is 0 Å². The Kier molecular flexibility index (Phi) is 4.84. The van der Waals surface area contributed by atoms with Crippen molar-refractivity contribution in [2.45, 2.75) is 25.4 Å². The molecule has 1 aromatic carbocycles. The molecule has 0 spiro atoms. The first-order valence-electron chi connectivity index (χ1n) is 8.23. The Morgan fingerprint density at radius 2 is 2.17 bits per heavy atom. The molecule has 7 heteroatoms. The number of likely N-dealkylation sites (tertiary alicyclic amines) is 1. The average molecular weight is 332 g/mol. The minimum atomic E-state index is -0.300. The van der Waals surface area contributed by atoms with Gasteiger partial charge in [0.25, 0.3) is 5.91 Å². The van der Waals surface area contributed by atoms with E-state index in [9.17, 15) is 9.59 Å². The monoisotopic (exact) mass is 332 g/mol. The number of benzene rings is 1. The molecule has 2 atom stereocenters. The summed E-state index contributed by atoms with van der Waals surface area (Å²) in [6.45, 7) is 3.96. The SMILES string of the molecule is Cc1cc(NC(=O)C2C(N)CCN2C)ccc1N1CCOCC1=O. The number of hydrogen-bond acceptors (Lipinski definition) is 5. The molecule has 24 heavy (non-hydrogen) atoms. The van der Waals surface area contributed by atoms with Crippen LogP contribution in [-0.4, -0.2) is 62.1 Å². The maximum Gasteiger partial charge on any atom is 0.253 e. The van der Waals surface area contributed by atoms with Gasteiger partial charge in [-0.3, -0.25) is 14.5 Å². The van der Waals surface area contributed by atoms with Crippen molar-refractivity contribution in [1.29, 1.82) is 0 Å². The predicted molar refractivity (Wildman–Crippen MR) is 92.0 cm³/mol. The first-order valence-corrected chi connectivity index (χ1v) is 8.23. The van der Waals surface area contributed by atoms with Crippen LogP contribution in [0.3, 0.4) is 0 Å². The molecule has 2 aliphatic rings. The fraction of sp³-hybridized carbons (Fsp3) is 0.529. The van der Waals surface area contributed by atoms with Crippen LogP contribution in [0.25, 0.3) is 0 Å². The van der Waals surface area contributed by atoms with Gasteiger partial charge in [-0.2, -0.15) is 0 Å². The molecule has 2 saturated heterocycles. The number of morpholine rings is 1. The number of nitrogens with two attached hydrogens (primary N) is 1. The summed E-state index contributed by atoms with van der Waals surface area (Å²) in [5.74, 6) is -0.128. The zero-order valence-corrected chi connectivity index (χ0v) is 14.1. The fourth-order valence-corrected chi connectivity index (χ4v) is 3.40. The van der Waals surface area contributed by atoms with Crippen LogP contribution in [0.2, 0.25) is 0 Å². The molecule has 2 amide bonds. The molecule has 3 N–H and O–H groups in total. The average Bonchev–Trinajstić information content (AvgIpc) is 2.87. The van der Waals surface area contributed by atoms with E-state index in [0.717, 1.165) is 29.9 Å². The summed E-state index contributed by atoms with van der Waals surface area (Å²) in [5, 5.41) is 2.94. The van der Waals surface area contributed by atoms with Crippen molar-refractivity contribution in [3.63, 3.8) is 0 Å². The first kappa shape index (κ1) is 16.9. The standard InChI is InChI=1S/C17H24N4O3/c1-11-9-12(19-17(23)16-13(18)5-6-20(16)2)3-4-14(11)21-7-8-24-10-15(21)22/h3-4,9,13,16H,5-8,10,18H2,1-2H3,(H,19,23). The lowest BCUT2D eigenvalue weighted by Crippen LogP contribution is -2.46. The van der Waals surface area contributed by atoms with Gasteiger partial charge in [0.05, 0.1) is 6.61 Å². The molecule has 2 heterocycles. The zero-order valence-electron chi connectivity index (χ0n) is 14.1. The third-order valence-corrected chi connectivity index (χ3v) is 4.71. The van der Waals surface area contributed by atoms with E-state index >= 15 is 0 Å². The lowest BCUT2D eigenvalue weighted by molar-refractivity contribution is -0.125. The molecule has 2 aliphatic heterocycles. The molecule has 0 bridgehead atoms. The number of nitrogens with zero attached hydrogens (tertiary/aromatic N) is 2.